The molecule has 0 spiro atoms. The molecule has 0 radical (unpaired) electrons. The summed E-state index contributed by atoms with van der Waals surface area (Å²) >= 11 is 12.7. The summed E-state index contributed by atoms with van der Waals surface area (Å²) in [7, 11) is 1.64. The molecule has 3 aromatic rings. The zero-order valence-corrected chi connectivity index (χ0v) is 17.0. The summed E-state index contributed by atoms with van der Waals surface area (Å²) in [4.78, 5) is 8.23. The molecule has 0 fully saturated rings. The molecule has 3 rings (SSSR count). The fourth-order valence-corrected chi connectivity index (χ4v) is 3.28. The number of nitrogens with two attached hydrogens (primary N) is 2. The van der Waals surface area contributed by atoms with E-state index >= 15 is 0 Å². The standard InChI is InChI=1S/C18H22Cl2N6O2/c1-27-9-11(21)3-2-6-28-15-5-4-14(19)16(20)13(15)7-12-8-23-18-17(22)24-10-25-26(12)18/h4-5,8,10-11H,2-3,6-7,9,21H2,1H3,(H2,22,24,25)/t11-/m1/s1. The number of hydrogen-bond donors (Lipinski definition) is 2. The molecule has 8 nitrogen and oxygen atoms in total. The Labute approximate surface area is 172 Å². The minimum Gasteiger partial charge on any atom is -0.493 e. The molecule has 0 amide bonds. The smallest absolute Gasteiger partial charge is 0.196 e. The van der Waals surface area contributed by atoms with Crippen LogP contribution in [0.4, 0.5) is 5.82 Å². The normalized spacial score (nSPS) is 12.4. The monoisotopic (exact) mass is 424 g/mol. The first-order valence-corrected chi connectivity index (χ1v) is 9.54. The summed E-state index contributed by atoms with van der Waals surface area (Å²) < 4.78 is 12.6. The van der Waals surface area contributed by atoms with Gasteiger partial charge in [0.05, 0.1) is 35.1 Å². The molecule has 0 saturated carbocycles. The van der Waals surface area contributed by atoms with E-state index in [2.05, 4.69) is 15.1 Å². The Kier molecular flexibility index (Phi) is 6.90. The van der Waals surface area contributed by atoms with Crippen LogP contribution in [0.2, 0.25) is 10.0 Å². The molecule has 0 aliphatic carbocycles. The van der Waals surface area contributed by atoms with Crippen molar-refractivity contribution in [3.8, 4) is 5.75 Å². The van der Waals surface area contributed by atoms with Crippen LogP contribution in [0.3, 0.4) is 0 Å². The number of ether oxygens (including phenoxy) is 2. The highest BCUT2D eigenvalue weighted by Crippen LogP contribution is 2.35. The topological polar surface area (TPSA) is 114 Å². The van der Waals surface area contributed by atoms with Gasteiger partial charge in [-0.15, -0.1) is 0 Å². The molecule has 10 heteroatoms. The highest BCUT2D eigenvalue weighted by molar-refractivity contribution is 6.42. The van der Waals surface area contributed by atoms with Crippen LogP contribution in [-0.2, 0) is 11.2 Å². The SMILES string of the molecule is COC[C@H](N)CCCOc1ccc(Cl)c(Cl)c1Cc1cnc2c(N)ncnn12. The first-order valence-electron chi connectivity index (χ1n) is 8.78. The Morgan fingerprint density at radius 1 is 1.25 bits per heavy atom. The van der Waals surface area contributed by atoms with Crippen LogP contribution in [0.5, 0.6) is 5.75 Å². The number of aromatic nitrogens is 4. The number of imidazole rings is 1. The average molecular weight is 425 g/mol. The third-order valence-electron chi connectivity index (χ3n) is 4.27. The van der Waals surface area contributed by atoms with E-state index in [1.165, 1.54) is 6.33 Å². The second-order valence-electron chi connectivity index (χ2n) is 6.35. The Morgan fingerprint density at radius 3 is 2.86 bits per heavy atom. The van der Waals surface area contributed by atoms with Gasteiger partial charge < -0.3 is 20.9 Å². The minimum atomic E-state index is -0.00910. The Bertz CT molecular complexity index is 949. The fourth-order valence-electron chi connectivity index (χ4n) is 2.88. The highest BCUT2D eigenvalue weighted by atomic mass is 35.5. The van der Waals surface area contributed by atoms with Crippen molar-refractivity contribution in [2.24, 2.45) is 5.73 Å². The van der Waals surface area contributed by atoms with Gasteiger partial charge in [0.25, 0.3) is 0 Å². The number of methoxy groups -OCH3 is 1. The first-order chi connectivity index (χ1) is 13.5. The molecular formula is C18H22Cl2N6O2. The van der Waals surface area contributed by atoms with Gasteiger partial charge in [-0.3, -0.25) is 0 Å². The number of nitrogens with zero attached hydrogens (tertiary/aromatic N) is 4. The van der Waals surface area contributed by atoms with Gasteiger partial charge in [-0.2, -0.15) is 5.10 Å². The van der Waals surface area contributed by atoms with Crippen LogP contribution >= 0.6 is 23.2 Å². The summed E-state index contributed by atoms with van der Waals surface area (Å²) in [6.07, 6.45) is 5.09. The van der Waals surface area contributed by atoms with E-state index in [1.807, 2.05) is 6.07 Å². The maximum atomic E-state index is 6.47. The van der Waals surface area contributed by atoms with Gasteiger partial charge in [-0.25, -0.2) is 14.5 Å². The van der Waals surface area contributed by atoms with E-state index in [1.54, 1.807) is 23.9 Å². The molecule has 1 atom stereocenters. The van der Waals surface area contributed by atoms with Gasteiger partial charge in [0.1, 0.15) is 12.1 Å². The zero-order valence-electron chi connectivity index (χ0n) is 15.4. The summed E-state index contributed by atoms with van der Waals surface area (Å²) in [5.74, 6) is 0.967. The third kappa shape index (κ3) is 4.64. The van der Waals surface area contributed by atoms with Crippen molar-refractivity contribution in [3.05, 3.63) is 46.0 Å². The maximum absolute atomic E-state index is 6.47. The van der Waals surface area contributed by atoms with Crippen LogP contribution in [0.25, 0.3) is 5.65 Å². The molecule has 0 saturated heterocycles. The van der Waals surface area contributed by atoms with Crippen LogP contribution in [0.15, 0.2) is 24.7 Å². The summed E-state index contributed by atoms with van der Waals surface area (Å²) in [5.41, 5.74) is 13.8. The van der Waals surface area contributed by atoms with Crippen molar-refractivity contribution >= 4 is 34.7 Å². The molecule has 0 aliphatic rings. The van der Waals surface area contributed by atoms with Crippen molar-refractivity contribution in [1.29, 1.82) is 0 Å². The van der Waals surface area contributed by atoms with Crippen LogP contribution in [-0.4, -0.2) is 45.9 Å². The van der Waals surface area contributed by atoms with Crippen LogP contribution in [0, 0.1) is 0 Å². The van der Waals surface area contributed by atoms with Gasteiger partial charge in [0.15, 0.2) is 11.5 Å². The molecule has 28 heavy (non-hydrogen) atoms. The highest BCUT2D eigenvalue weighted by Gasteiger charge is 2.16. The van der Waals surface area contributed by atoms with Gasteiger partial charge in [0, 0.05) is 25.1 Å². The fraction of sp³-hybridized carbons (Fsp3) is 0.389. The van der Waals surface area contributed by atoms with E-state index in [0.717, 1.165) is 24.1 Å². The average Bonchev–Trinajstić information content (AvgIpc) is 3.08. The molecule has 1 aromatic carbocycles. The molecule has 2 heterocycles. The lowest BCUT2D eigenvalue weighted by Crippen LogP contribution is -2.25. The lowest BCUT2D eigenvalue weighted by atomic mass is 10.1. The molecule has 4 N–H and O–H groups in total. The molecule has 0 aliphatic heterocycles. The number of rotatable bonds is 9. The minimum absolute atomic E-state index is 0.00910. The lowest BCUT2D eigenvalue weighted by molar-refractivity contribution is 0.172. The first kappa shape index (κ1) is 20.6. The van der Waals surface area contributed by atoms with E-state index in [-0.39, 0.29) is 6.04 Å². The lowest BCUT2D eigenvalue weighted by Gasteiger charge is -2.15. The van der Waals surface area contributed by atoms with E-state index in [9.17, 15) is 0 Å². The van der Waals surface area contributed by atoms with E-state index < -0.39 is 0 Å². The van der Waals surface area contributed by atoms with Gasteiger partial charge >= 0.3 is 0 Å². The van der Waals surface area contributed by atoms with Crippen molar-refractivity contribution in [2.45, 2.75) is 25.3 Å². The number of anilines is 1. The Hall–Kier alpha value is -2.13. The van der Waals surface area contributed by atoms with Gasteiger partial charge in [-0.1, -0.05) is 23.2 Å². The van der Waals surface area contributed by atoms with Crippen molar-refractivity contribution in [2.75, 3.05) is 26.1 Å². The molecular weight excluding hydrogens is 403 g/mol. The second-order valence-corrected chi connectivity index (χ2v) is 7.14. The van der Waals surface area contributed by atoms with Gasteiger partial charge in [-0.05, 0) is 25.0 Å². The number of fused-ring (bicyclic) bond motifs is 1. The molecule has 2 aromatic heterocycles. The Morgan fingerprint density at radius 2 is 2.07 bits per heavy atom. The zero-order chi connectivity index (χ0) is 20.1. The molecule has 0 unspecified atom stereocenters. The molecule has 150 valence electrons. The molecule has 0 bridgehead atoms. The summed E-state index contributed by atoms with van der Waals surface area (Å²) in [5, 5.41) is 5.10. The number of benzene rings is 1. The second kappa shape index (κ2) is 9.38. The number of halogens is 2. The predicted octanol–water partition coefficient (Wildman–Crippen LogP) is 2.74. The van der Waals surface area contributed by atoms with Gasteiger partial charge in [0.2, 0.25) is 0 Å². The van der Waals surface area contributed by atoms with Crippen LogP contribution < -0.4 is 16.2 Å². The summed E-state index contributed by atoms with van der Waals surface area (Å²) in [6, 6.07) is 3.52. The Balaban J connectivity index is 1.78. The predicted molar refractivity (Wildman–Crippen MR) is 109 cm³/mol. The number of nitrogen functional groups attached to an aromatic ring is 1. The van der Waals surface area contributed by atoms with E-state index in [4.69, 9.17) is 44.1 Å². The quantitative estimate of drug-likeness (QED) is 0.507. The van der Waals surface area contributed by atoms with Crippen molar-refractivity contribution < 1.29 is 9.47 Å². The maximum Gasteiger partial charge on any atom is 0.196 e. The van der Waals surface area contributed by atoms with Crippen LogP contribution in [0.1, 0.15) is 24.1 Å². The summed E-state index contributed by atoms with van der Waals surface area (Å²) in [6.45, 7) is 1.03. The van der Waals surface area contributed by atoms with E-state index in [0.29, 0.717) is 46.9 Å². The van der Waals surface area contributed by atoms with Crippen molar-refractivity contribution in [3.63, 3.8) is 0 Å². The third-order valence-corrected chi connectivity index (χ3v) is 5.11. The number of hydrogen-bond acceptors (Lipinski definition) is 7. The van der Waals surface area contributed by atoms with Crippen molar-refractivity contribution in [1.82, 2.24) is 19.6 Å². The largest absolute Gasteiger partial charge is 0.493 e.